The molecule has 5 heteroatoms. The van der Waals surface area contributed by atoms with Gasteiger partial charge in [-0.1, -0.05) is 17.7 Å². The van der Waals surface area contributed by atoms with E-state index in [1.54, 1.807) is 30.5 Å². The Morgan fingerprint density at radius 1 is 1.30 bits per heavy atom. The zero-order valence-corrected chi connectivity index (χ0v) is 11.9. The predicted molar refractivity (Wildman–Crippen MR) is 78.4 cm³/mol. The number of carbonyl (C=O) groups excluding carboxylic acids is 1. The van der Waals surface area contributed by atoms with Crippen molar-refractivity contribution < 1.29 is 4.79 Å². The molecule has 2 rings (SSSR count). The quantitative estimate of drug-likeness (QED) is 0.933. The van der Waals surface area contributed by atoms with Gasteiger partial charge in [-0.3, -0.25) is 9.97 Å². The second kappa shape index (κ2) is 6.14. The van der Waals surface area contributed by atoms with Gasteiger partial charge in [-0.05, 0) is 25.5 Å². The number of carbonyl (C=O) groups is 1. The average Bonchev–Trinajstić information content (AvgIpc) is 2.43. The fourth-order valence-corrected chi connectivity index (χ4v) is 1.89. The van der Waals surface area contributed by atoms with E-state index in [4.69, 9.17) is 0 Å². The first kappa shape index (κ1) is 14.0. The molecule has 1 aromatic carbocycles. The van der Waals surface area contributed by atoms with Gasteiger partial charge in [-0.15, -0.1) is 0 Å². The van der Waals surface area contributed by atoms with Crippen LogP contribution in [0.3, 0.4) is 0 Å². The molecule has 0 saturated carbocycles. The number of anilines is 1. The van der Waals surface area contributed by atoms with E-state index in [0.29, 0.717) is 6.54 Å². The molecule has 0 bridgehead atoms. The molecule has 1 heterocycles. The molecule has 0 saturated heterocycles. The van der Waals surface area contributed by atoms with E-state index in [-0.39, 0.29) is 6.03 Å². The fraction of sp³-hybridized carbons (Fsp3) is 0.267. The summed E-state index contributed by atoms with van der Waals surface area (Å²) in [4.78, 5) is 21.8. The van der Waals surface area contributed by atoms with Crippen LogP contribution in [0.15, 0.2) is 36.8 Å². The first-order valence-corrected chi connectivity index (χ1v) is 6.40. The highest BCUT2D eigenvalue weighted by Crippen LogP contribution is 2.16. The lowest BCUT2D eigenvalue weighted by Gasteiger charge is -2.18. The van der Waals surface area contributed by atoms with Crippen molar-refractivity contribution in [2.45, 2.75) is 20.4 Å². The van der Waals surface area contributed by atoms with Crippen LogP contribution < -0.4 is 5.32 Å². The summed E-state index contributed by atoms with van der Waals surface area (Å²) in [6, 6.07) is 5.77. The molecule has 2 amide bonds. The van der Waals surface area contributed by atoms with Gasteiger partial charge >= 0.3 is 6.03 Å². The van der Waals surface area contributed by atoms with Crippen molar-refractivity contribution in [2.75, 3.05) is 12.4 Å². The highest BCUT2D eigenvalue weighted by atomic mass is 16.2. The van der Waals surface area contributed by atoms with Crippen LogP contribution in [0.2, 0.25) is 0 Å². The summed E-state index contributed by atoms with van der Waals surface area (Å²) >= 11 is 0. The minimum atomic E-state index is -0.164. The van der Waals surface area contributed by atoms with Gasteiger partial charge in [0, 0.05) is 25.1 Å². The molecule has 0 spiro atoms. The third-order valence-corrected chi connectivity index (χ3v) is 2.99. The zero-order chi connectivity index (χ0) is 14.5. The van der Waals surface area contributed by atoms with E-state index < -0.39 is 0 Å². The maximum absolute atomic E-state index is 12.1. The Hall–Kier alpha value is -2.43. The van der Waals surface area contributed by atoms with Crippen LogP contribution in [0.4, 0.5) is 10.5 Å². The average molecular weight is 270 g/mol. The van der Waals surface area contributed by atoms with Crippen LogP contribution in [0.25, 0.3) is 0 Å². The lowest BCUT2D eigenvalue weighted by atomic mass is 10.1. The first-order valence-electron chi connectivity index (χ1n) is 6.40. The van der Waals surface area contributed by atoms with Crippen molar-refractivity contribution in [1.82, 2.24) is 14.9 Å². The van der Waals surface area contributed by atoms with Crippen LogP contribution in [-0.4, -0.2) is 27.9 Å². The van der Waals surface area contributed by atoms with Gasteiger partial charge < -0.3 is 10.2 Å². The monoisotopic (exact) mass is 270 g/mol. The normalized spacial score (nSPS) is 10.2. The van der Waals surface area contributed by atoms with Gasteiger partial charge in [0.1, 0.15) is 0 Å². The molecule has 0 aliphatic heterocycles. The third kappa shape index (κ3) is 3.54. The molecule has 2 aromatic rings. The molecule has 20 heavy (non-hydrogen) atoms. The molecular weight excluding hydrogens is 252 g/mol. The van der Waals surface area contributed by atoms with E-state index in [9.17, 15) is 4.79 Å². The zero-order valence-electron chi connectivity index (χ0n) is 11.9. The number of nitrogens with one attached hydrogen (secondary N) is 1. The van der Waals surface area contributed by atoms with E-state index in [2.05, 4.69) is 15.3 Å². The number of amides is 2. The van der Waals surface area contributed by atoms with Crippen LogP contribution in [-0.2, 0) is 6.54 Å². The topological polar surface area (TPSA) is 58.1 Å². The SMILES string of the molecule is Cc1ccc(NC(=O)N(C)Cc2cnccn2)c(C)c1. The summed E-state index contributed by atoms with van der Waals surface area (Å²) in [7, 11) is 1.73. The number of benzene rings is 1. The van der Waals surface area contributed by atoms with Crippen molar-refractivity contribution >= 4 is 11.7 Å². The van der Waals surface area contributed by atoms with Crippen molar-refractivity contribution in [1.29, 1.82) is 0 Å². The highest BCUT2D eigenvalue weighted by molar-refractivity contribution is 5.89. The molecule has 0 unspecified atom stereocenters. The summed E-state index contributed by atoms with van der Waals surface area (Å²) < 4.78 is 0. The number of hydrogen-bond acceptors (Lipinski definition) is 3. The number of nitrogens with zero attached hydrogens (tertiary/aromatic N) is 3. The summed E-state index contributed by atoms with van der Waals surface area (Å²) in [5.41, 5.74) is 3.80. The molecule has 5 nitrogen and oxygen atoms in total. The van der Waals surface area contributed by atoms with Gasteiger partial charge in [-0.25, -0.2) is 4.79 Å². The molecular formula is C15H18N4O. The van der Waals surface area contributed by atoms with Crippen LogP contribution >= 0.6 is 0 Å². The second-order valence-electron chi connectivity index (χ2n) is 4.80. The molecule has 0 fully saturated rings. The summed E-state index contributed by atoms with van der Waals surface area (Å²) in [5, 5.41) is 2.90. The Morgan fingerprint density at radius 3 is 2.75 bits per heavy atom. The van der Waals surface area contributed by atoms with Crippen molar-refractivity contribution in [3.05, 3.63) is 53.6 Å². The summed E-state index contributed by atoms with van der Waals surface area (Å²) in [5.74, 6) is 0. The molecule has 0 aliphatic carbocycles. The van der Waals surface area contributed by atoms with E-state index >= 15 is 0 Å². The molecule has 1 aromatic heterocycles. The highest BCUT2D eigenvalue weighted by Gasteiger charge is 2.11. The maximum atomic E-state index is 12.1. The minimum absolute atomic E-state index is 0.164. The standard InChI is InChI=1S/C15H18N4O/c1-11-4-5-14(12(2)8-11)18-15(20)19(3)10-13-9-16-6-7-17-13/h4-9H,10H2,1-3H3,(H,18,20). The fourth-order valence-electron chi connectivity index (χ4n) is 1.89. The van der Waals surface area contributed by atoms with Gasteiger partial charge in [0.2, 0.25) is 0 Å². The molecule has 0 radical (unpaired) electrons. The summed E-state index contributed by atoms with van der Waals surface area (Å²) in [6.07, 6.45) is 4.88. The van der Waals surface area contributed by atoms with E-state index in [0.717, 1.165) is 16.9 Å². The second-order valence-corrected chi connectivity index (χ2v) is 4.80. The minimum Gasteiger partial charge on any atom is -0.322 e. The van der Waals surface area contributed by atoms with Crippen LogP contribution in [0.1, 0.15) is 16.8 Å². The lowest BCUT2D eigenvalue weighted by Crippen LogP contribution is -2.31. The van der Waals surface area contributed by atoms with Gasteiger partial charge in [0.15, 0.2) is 0 Å². The molecule has 0 atom stereocenters. The summed E-state index contributed by atoms with van der Waals surface area (Å²) in [6.45, 7) is 4.43. The van der Waals surface area contributed by atoms with Crippen molar-refractivity contribution in [3.63, 3.8) is 0 Å². The number of urea groups is 1. The third-order valence-electron chi connectivity index (χ3n) is 2.99. The molecule has 1 N–H and O–H groups in total. The lowest BCUT2D eigenvalue weighted by molar-refractivity contribution is 0.220. The van der Waals surface area contributed by atoms with Gasteiger partial charge in [0.25, 0.3) is 0 Å². The Labute approximate surface area is 118 Å². The Morgan fingerprint density at radius 2 is 2.10 bits per heavy atom. The van der Waals surface area contributed by atoms with Crippen molar-refractivity contribution in [3.8, 4) is 0 Å². The number of rotatable bonds is 3. The predicted octanol–water partition coefficient (Wildman–Crippen LogP) is 2.76. The van der Waals surface area contributed by atoms with Crippen LogP contribution in [0, 0.1) is 13.8 Å². The molecule has 104 valence electrons. The molecule has 0 aliphatic rings. The number of aromatic nitrogens is 2. The maximum Gasteiger partial charge on any atom is 0.321 e. The van der Waals surface area contributed by atoms with E-state index in [1.165, 1.54) is 5.56 Å². The first-order chi connectivity index (χ1) is 9.56. The Balaban J connectivity index is 2.01. The van der Waals surface area contributed by atoms with Crippen molar-refractivity contribution in [2.24, 2.45) is 0 Å². The Bertz CT molecular complexity index is 598. The number of hydrogen-bond donors (Lipinski definition) is 1. The van der Waals surface area contributed by atoms with Gasteiger partial charge in [-0.2, -0.15) is 0 Å². The van der Waals surface area contributed by atoms with Gasteiger partial charge in [0.05, 0.1) is 18.4 Å². The number of aryl methyl sites for hydroxylation is 2. The Kier molecular flexibility index (Phi) is 4.30. The smallest absolute Gasteiger partial charge is 0.321 e. The van der Waals surface area contributed by atoms with Crippen LogP contribution in [0.5, 0.6) is 0 Å². The largest absolute Gasteiger partial charge is 0.322 e. The van der Waals surface area contributed by atoms with E-state index in [1.807, 2.05) is 32.0 Å².